The van der Waals surface area contributed by atoms with E-state index in [0.717, 1.165) is 39.1 Å². The fourth-order valence-corrected chi connectivity index (χ4v) is 6.71. The Morgan fingerprint density at radius 1 is 1.24 bits per heavy atom. The molecule has 198 valence electrons. The summed E-state index contributed by atoms with van der Waals surface area (Å²) >= 11 is 3.87. The summed E-state index contributed by atoms with van der Waals surface area (Å²) in [5.41, 5.74) is 2.65. The second kappa shape index (κ2) is 12.0. The smallest absolute Gasteiger partial charge is 0.341 e. The van der Waals surface area contributed by atoms with Crippen molar-refractivity contribution in [2.24, 2.45) is 0 Å². The van der Waals surface area contributed by atoms with Crippen molar-refractivity contribution in [3.8, 4) is 16.9 Å². The third kappa shape index (κ3) is 5.54. The average molecular weight is 570 g/mol. The SMILES string of the molecule is C=CCn1c(SCC(=O)Nc2sc(C)c(C)c2C(=O)OCC)nc2scc(-c3ccc(OC)cc3)c2c1=O. The van der Waals surface area contributed by atoms with Crippen LogP contribution in [0.15, 0.2) is 52.3 Å². The van der Waals surface area contributed by atoms with E-state index >= 15 is 0 Å². The largest absolute Gasteiger partial charge is 0.497 e. The Hall–Kier alpha value is -3.41. The molecule has 38 heavy (non-hydrogen) atoms. The zero-order chi connectivity index (χ0) is 27.4. The van der Waals surface area contributed by atoms with E-state index in [1.54, 1.807) is 20.1 Å². The number of carbonyl (C=O) groups is 2. The number of carbonyl (C=O) groups excluding carboxylic acids is 2. The summed E-state index contributed by atoms with van der Waals surface area (Å²) in [6.07, 6.45) is 1.63. The number of hydrogen-bond donors (Lipinski definition) is 1. The lowest BCUT2D eigenvalue weighted by atomic mass is 10.1. The van der Waals surface area contributed by atoms with Crippen molar-refractivity contribution < 1.29 is 19.1 Å². The number of ether oxygens (including phenoxy) is 2. The van der Waals surface area contributed by atoms with Crippen molar-refractivity contribution in [1.29, 1.82) is 0 Å². The van der Waals surface area contributed by atoms with E-state index in [4.69, 9.17) is 14.5 Å². The molecular weight excluding hydrogens is 543 g/mol. The highest BCUT2D eigenvalue weighted by molar-refractivity contribution is 7.99. The molecule has 4 rings (SSSR count). The Morgan fingerprint density at radius 3 is 2.63 bits per heavy atom. The van der Waals surface area contributed by atoms with Gasteiger partial charge in [-0.15, -0.1) is 29.3 Å². The molecule has 3 heterocycles. The van der Waals surface area contributed by atoms with E-state index in [2.05, 4.69) is 11.9 Å². The maximum absolute atomic E-state index is 13.6. The Kier molecular flexibility index (Phi) is 8.70. The highest BCUT2D eigenvalue weighted by Gasteiger charge is 2.23. The summed E-state index contributed by atoms with van der Waals surface area (Å²) in [7, 11) is 1.61. The summed E-state index contributed by atoms with van der Waals surface area (Å²) in [6, 6.07) is 7.51. The highest BCUT2D eigenvalue weighted by atomic mass is 32.2. The number of hydrogen-bond acceptors (Lipinski definition) is 9. The highest BCUT2D eigenvalue weighted by Crippen LogP contribution is 2.35. The third-order valence-electron chi connectivity index (χ3n) is 5.82. The number of thioether (sulfide) groups is 1. The normalized spacial score (nSPS) is 10.9. The molecule has 0 aliphatic heterocycles. The van der Waals surface area contributed by atoms with E-state index in [1.807, 2.05) is 43.5 Å². The van der Waals surface area contributed by atoms with Crippen LogP contribution in [-0.4, -0.2) is 40.9 Å². The number of nitrogens with one attached hydrogen (secondary N) is 1. The molecule has 0 aliphatic carbocycles. The van der Waals surface area contributed by atoms with Crippen LogP contribution in [0.3, 0.4) is 0 Å². The molecule has 3 aromatic heterocycles. The topological polar surface area (TPSA) is 99.5 Å². The predicted molar refractivity (Wildman–Crippen MR) is 155 cm³/mol. The molecule has 0 unspecified atom stereocenters. The summed E-state index contributed by atoms with van der Waals surface area (Å²) in [5.74, 6) is -0.0416. The molecule has 0 spiro atoms. The summed E-state index contributed by atoms with van der Waals surface area (Å²) < 4.78 is 11.9. The maximum atomic E-state index is 13.6. The minimum absolute atomic E-state index is 0.00403. The van der Waals surface area contributed by atoms with Gasteiger partial charge >= 0.3 is 5.97 Å². The first-order valence-corrected chi connectivity index (χ1v) is 14.4. The number of amides is 1. The van der Waals surface area contributed by atoms with Crippen LogP contribution in [0.4, 0.5) is 5.00 Å². The number of nitrogens with zero attached hydrogens (tertiary/aromatic N) is 2. The van der Waals surface area contributed by atoms with Gasteiger partial charge in [-0.2, -0.15) is 0 Å². The number of aromatic nitrogens is 2. The predicted octanol–water partition coefficient (Wildman–Crippen LogP) is 5.91. The third-order valence-corrected chi connectivity index (χ3v) is 8.79. The molecule has 4 aromatic rings. The number of esters is 1. The quantitative estimate of drug-likeness (QED) is 0.110. The van der Waals surface area contributed by atoms with Crippen LogP contribution < -0.4 is 15.6 Å². The molecule has 1 N–H and O–H groups in total. The number of allylic oxidation sites excluding steroid dienone is 1. The number of fused-ring (bicyclic) bond motifs is 1. The van der Waals surface area contributed by atoms with Crippen molar-refractivity contribution in [2.45, 2.75) is 32.5 Å². The van der Waals surface area contributed by atoms with Gasteiger partial charge in [0.15, 0.2) is 5.16 Å². The Labute approximate surface area is 232 Å². The summed E-state index contributed by atoms with van der Waals surface area (Å²) in [4.78, 5) is 45.1. The minimum atomic E-state index is -0.463. The van der Waals surface area contributed by atoms with Gasteiger partial charge in [-0.05, 0) is 44.0 Å². The number of methoxy groups -OCH3 is 1. The van der Waals surface area contributed by atoms with Gasteiger partial charge in [0.25, 0.3) is 5.56 Å². The molecule has 0 aliphatic rings. The average Bonchev–Trinajstić information content (AvgIpc) is 3.45. The standard InChI is InChI=1S/C27H27N3O5S3/c1-6-12-30-25(32)22-19(17-8-10-18(34-5)11-9-17)13-36-23(22)29-27(30)37-14-20(31)28-24-21(26(33)35-7-2)15(3)16(4)38-24/h6,8-11,13H,1,7,12,14H2,2-5H3,(H,28,31). The van der Waals surface area contributed by atoms with Crippen LogP contribution >= 0.6 is 34.4 Å². The van der Waals surface area contributed by atoms with Gasteiger partial charge in [-0.3, -0.25) is 14.2 Å². The molecule has 0 radical (unpaired) electrons. The van der Waals surface area contributed by atoms with E-state index in [1.165, 1.54) is 27.2 Å². The van der Waals surface area contributed by atoms with Gasteiger partial charge in [0.2, 0.25) is 5.91 Å². The first-order valence-electron chi connectivity index (χ1n) is 11.8. The lowest BCUT2D eigenvalue weighted by Gasteiger charge is -2.11. The number of anilines is 1. The molecule has 8 nitrogen and oxygen atoms in total. The van der Waals surface area contributed by atoms with Crippen LogP contribution in [-0.2, 0) is 16.1 Å². The molecule has 0 atom stereocenters. The second-order valence-electron chi connectivity index (χ2n) is 8.20. The molecule has 0 saturated heterocycles. The van der Waals surface area contributed by atoms with Crippen LogP contribution in [0.5, 0.6) is 5.75 Å². The van der Waals surface area contributed by atoms with Crippen molar-refractivity contribution in [1.82, 2.24) is 9.55 Å². The summed E-state index contributed by atoms with van der Waals surface area (Å²) in [6.45, 7) is 9.73. The van der Waals surface area contributed by atoms with Crippen LogP contribution in [0.25, 0.3) is 21.3 Å². The first-order chi connectivity index (χ1) is 18.3. The van der Waals surface area contributed by atoms with Gasteiger partial charge in [-0.25, -0.2) is 9.78 Å². The van der Waals surface area contributed by atoms with Gasteiger partial charge in [0, 0.05) is 22.4 Å². The number of aryl methyl sites for hydroxylation is 1. The van der Waals surface area contributed by atoms with Crippen molar-refractivity contribution in [2.75, 3.05) is 24.8 Å². The molecule has 11 heteroatoms. The second-order valence-corrected chi connectivity index (χ2v) is 11.2. The van der Waals surface area contributed by atoms with Crippen molar-refractivity contribution in [3.63, 3.8) is 0 Å². The molecular formula is C27H27N3O5S3. The zero-order valence-corrected chi connectivity index (χ0v) is 23.9. The van der Waals surface area contributed by atoms with E-state index < -0.39 is 5.97 Å². The molecule has 0 bridgehead atoms. The fourth-order valence-electron chi connectivity index (χ4n) is 3.85. The van der Waals surface area contributed by atoms with E-state index in [9.17, 15) is 14.4 Å². The van der Waals surface area contributed by atoms with Crippen LogP contribution in [0.1, 0.15) is 27.7 Å². The van der Waals surface area contributed by atoms with E-state index in [0.29, 0.717) is 25.9 Å². The van der Waals surface area contributed by atoms with Crippen molar-refractivity contribution >= 4 is 61.5 Å². The number of thiophene rings is 2. The monoisotopic (exact) mass is 569 g/mol. The van der Waals surface area contributed by atoms with Crippen LogP contribution in [0.2, 0.25) is 0 Å². The Bertz CT molecular complexity index is 1570. The number of benzene rings is 1. The van der Waals surface area contributed by atoms with E-state index in [-0.39, 0.29) is 30.4 Å². The van der Waals surface area contributed by atoms with Crippen LogP contribution in [0, 0.1) is 13.8 Å². The molecule has 1 aromatic carbocycles. The molecule has 0 saturated carbocycles. The van der Waals surface area contributed by atoms with Gasteiger partial charge < -0.3 is 14.8 Å². The molecule has 0 fully saturated rings. The lowest BCUT2D eigenvalue weighted by Crippen LogP contribution is -2.23. The Balaban J connectivity index is 1.60. The minimum Gasteiger partial charge on any atom is -0.497 e. The van der Waals surface area contributed by atoms with Gasteiger partial charge in [0.1, 0.15) is 15.6 Å². The fraction of sp³-hybridized carbons (Fsp3) is 0.259. The lowest BCUT2D eigenvalue weighted by molar-refractivity contribution is -0.113. The first kappa shape index (κ1) is 27.6. The van der Waals surface area contributed by atoms with Gasteiger partial charge in [0.05, 0.1) is 30.4 Å². The van der Waals surface area contributed by atoms with Crippen molar-refractivity contribution in [3.05, 3.63) is 68.7 Å². The Morgan fingerprint density at radius 2 is 1.97 bits per heavy atom. The zero-order valence-electron chi connectivity index (χ0n) is 21.5. The summed E-state index contributed by atoms with van der Waals surface area (Å²) in [5, 5.41) is 6.16. The number of rotatable bonds is 10. The van der Waals surface area contributed by atoms with Gasteiger partial charge in [-0.1, -0.05) is 30.0 Å². The maximum Gasteiger partial charge on any atom is 0.341 e. The molecule has 1 amide bonds.